The van der Waals surface area contributed by atoms with Crippen LogP contribution in [0.25, 0.3) is 0 Å². The molecule has 0 bridgehead atoms. The van der Waals surface area contributed by atoms with Crippen LogP contribution in [-0.4, -0.2) is 57.6 Å². The van der Waals surface area contributed by atoms with E-state index in [1.54, 1.807) is 37.4 Å². The molecule has 0 spiro atoms. The molecule has 0 radical (unpaired) electrons. The monoisotopic (exact) mass is 519 g/mol. The molecule has 200 valence electrons. The van der Waals surface area contributed by atoms with Gasteiger partial charge < -0.3 is 34.5 Å². The second kappa shape index (κ2) is 12.7. The van der Waals surface area contributed by atoms with Gasteiger partial charge in [0.15, 0.2) is 11.5 Å². The van der Waals surface area contributed by atoms with Crippen molar-refractivity contribution >= 4 is 24.0 Å². The van der Waals surface area contributed by atoms with Crippen LogP contribution in [0.15, 0.2) is 60.7 Å². The van der Waals surface area contributed by atoms with Gasteiger partial charge in [-0.2, -0.15) is 0 Å². The summed E-state index contributed by atoms with van der Waals surface area (Å²) in [5.41, 5.74) is 5.26. The maximum Gasteiger partial charge on any atom is 0.255 e. The van der Waals surface area contributed by atoms with Crippen molar-refractivity contribution in [2.45, 2.75) is 19.5 Å². The molecule has 0 saturated heterocycles. The fraction of sp³-hybridized carbons (Fsp3) is 0.276. The number of rotatable bonds is 7. The predicted octanol–water partition coefficient (Wildman–Crippen LogP) is 2.38. The SMILES string of the molecule is COc1ccc(C(=O)NCc2cccc(C(=O)Nc3ccc4c(c3)C[N+](C)(C)CC4)c2)cc1OC.O=C[O-]. The molecule has 1 aliphatic heterocycles. The first-order valence-corrected chi connectivity index (χ1v) is 12.1. The number of ether oxygens (including phenoxy) is 2. The second-order valence-corrected chi connectivity index (χ2v) is 9.55. The van der Waals surface area contributed by atoms with Gasteiger partial charge in [0, 0.05) is 41.8 Å². The van der Waals surface area contributed by atoms with Gasteiger partial charge in [0.1, 0.15) is 6.54 Å². The molecular formula is C29H33N3O6. The van der Waals surface area contributed by atoms with Crippen LogP contribution in [0.4, 0.5) is 5.69 Å². The molecule has 0 atom stereocenters. The van der Waals surface area contributed by atoms with Crippen LogP contribution in [-0.2, 0) is 24.3 Å². The summed E-state index contributed by atoms with van der Waals surface area (Å²) in [6.45, 7) is 1.86. The van der Waals surface area contributed by atoms with Crippen LogP contribution in [0.3, 0.4) is 0 Å². The standard InChI is InChI=1S/C28H31N3O4.CH2O2/c1-31(2)13-12-20-8-10-24(15-23(20)18-31)30-28(33)21-7-5-6-19(14-21)17-29-27(32)22-9-11-25(34-3)26(16-22)35-4;2-1-3/h5-11,14-16H,12-13,17-18H2,1-4H3,(H-,29,30,32,33);1H,(H,2,3). The summed E-state index contributed by atoms with van der Waals surface area (Å²) < 4.78 is 11.4. The quantitative estimate of drug-likeness (QED) is 0.366. The van der Waals surface area contributed by atoms with E-state index in [0.717, 1.165) is 35.2 Å². The normalized spacial score (nSPS) is 13.2. The third kappa shape index (κ3) is 7.33. The number of nitrogens with one attached hydrogen (secondary N) is 2. The number of benzene rings is 3. The lowest BCUT2D eigenvalue weighted by Gasteiger charge is -2.35. The Morgan fingerprint density at radius 2 is 1.63 bits per heavy atom. The maximum absolute atomic E-state index is 12.9. The molecule has 4 rings (SSSR count). The Morgan fingerprint density at radius 1 is 0.921 bits per heavy atom. The lowest BCUT2D eigenvalue weighted by atomic mass is 9.98. The lowest BCUT2D eigenvalue weighted by molar-refractivity contribution is -0.905. The van der Waals surface area contributed by atoms with E-state index >= 15 is 0 Å². The number of methoxy groups -OCH3 is 2. The number of likely N-dealkylation sites (N-methyl/N-ethyl adjacent to an activating group) is 1. The third-order valence-electron chi connectivity index (χ3n) is 6.34. The maximum atomic E-state index is 12.9. The van der Waals surface area contributed by atoms with Crippen LogP contribution in [0, 0.1) is 0 Å². The fourth-order valence-corrected chi connectivity index (χ4v) is 4.35. The minimum atomic E-state index is -0.500. The molecule has 1 aliphatic rings. The topological polar surface area (TPSA) is 117 Å². The summed E-state index contributed by atoms with van der Waals surface area (Å²) in [5.74, 6) is 0.631. The van der Waals surface area contributed by atoms with E-state index in [4.69, 9.17) is 19.4 Å². The first-order valence-electron chi connectivity index (χ1n) is 12.1. The lowest BCUT2D eigenvalue weighted by Crippen LogP contribution is -2.43. The zero-order valence-electron chi connectivity index (χ0n) is 22.1. The molecule has 1 heterocycles. The number of fused-ring (bicyclic) bond motifs is 1. The Hall–Kier alpha value is -4.37. The minimum absolute atomic E-state index is 0.178. The van der Waals surface area contributed by atoms with E-state index in [1.807, 2.05) is 18.2 Å². The highest BCUT2D eigenvalue weighted by Gasteiger charge is 2.24. The van der Waals surface area contributed by atoms with Gasteiger partial charge in [-0.15, -0.1) is 0 Å². The zero-order chi connectivity index (χ0) is 27.7. The van der Waals surface area contributed by atoms with Gasteiger partial charge in [-0.1, -0.05) is 18.2 Å². The van der Waals surface area contributed by atoms with Gasteiger partial charge >= 0.3 is 0 Å². The number of quaternary nitrogens is 1. The smallest absolute Gasteiger partial charge is 0.255 e. The molecule has 0 fully saturated rings. The molecule has 3 aromatic carbocycles. The molecule has 0 aromatic heterocycles. The van der Waals surface area contributed by atoms with Crippen LogP contribution < -0.4 is 25.2 Å². The summed E-state index contributed by atoms with van der Waals surface area (Å²) in [5, 5.41) is 14.2. The summed E-state index contributed by atoms with van der Waals surface area (Å²) in [7, 11) is 7.53. The molecule has 0 unspecified atom stereocenters. The highest BCUT2D eigenvalue weighted by molar-refractivity contribution is 6.04. The molecule has 0 aliphatic carbocycles. The van der Waals surface area contributed by atoms with Crippen molar-refractivity contribution in [2.75, 3.05) is 40.2 Å². The summed E-state index contributed by atoms with van der Waals surface area (Å²) in [6.07, 6.45) is 1.05. The van der Waals surface area contributed by atoms with Crippen molar-refractivity contribution in [3.05, 3.63) is 88.5 Å². The number of carbonyl (C=O) groups excluding carboxylic acids is 3. The number of hydrogen-bond acceptors (Lipinski definition) is 6. The number of amides is 2. The van der Waals surface area contributed by atoms with Gasteiger partial charge in [-0.05, 0) is 53.6 Å². The van der Waals surface area contributed by atoms with Crippen LogP contribution >= 0.6 is 0 Å². The largest absolute Gasteiger partial charge is 0.554 e. The molecule has 9 heteroatoms. The number of hydrogen-bond donors (Lipinski definition) is 2. The summed E-state index contributed by atoms with van der Waals surface area (Å²) in [4.78, 5) is 33.8. The van der Waals surface area contributed by atoms with E-state index in [1.165, 1.54) is 18.2 Å². The van der Waals surface area contributed by atoms with Crippen LogP contribution in [0.1, 0.15) is 37.4 Å². The van der Waals surface area contributed by atoms with Crippen LogP contribution in [0.2, 0.25) is 0 Å². The number of carboxylic acid groups (broad SMARTS) is 1. The Labute approximate surface area is 222 Å². The fourth-order valence-electron chi connectivity index (χ4n) is 4.35. The molecule has 2 amide bonds. The molecule has 3 aromatic rings. The van der Waals surface area contributed by atoms with Crippen molar-refractivity contribution in [3.8, 4) is 11.5 Å². The average Bonchev–Trinajstić information content (AvgIpc) is 2.91. The van der Waals surface area contributed by atoms with Gasteiger partial charge in [0.2, 0.25) is 0 Å². The summed E-state index contributed by atoms with van der Waals surface area (Å²) >= 11 is 0. The van der Waals surface area contributed by atoms with Crippen molar-refractivity contribution < 1.29 is 33.4 Å². The highest BCUT2D eigenvalue weighted by Crippen LogP contribution is 2.28. The molecule has 2 N–H and O–H groups in total. The van der Waals surface area contributed by atoms with Gasteiger partial charge in [-0.25, -0.2) is 0 Å². The van der Waals surface area contributed by atoms with Crippen molar-refractivity contribution in [1.82, 2.24) is 5.32 Å². The zero-order valence-corrected chi connectivity index (χ0v) is 22.1. The Morgan fingerprint density at radius 3 is 2.34 bits per heavy atom. The Bertz CT molecular complexity index is 1310. The molecule has 0 saturated carbocycles. The van der Waals surface area contributed by atoms with Crippen molar-refractivity contribution in [2.24, 2.45) is 0 Å². The molecular weight excluding hydrogens is 486 g/mol. The summed E-state index contributed by atoms with van der Waals surface area (Å²) in [6, 6.07) is 18.4. The molecule has 38 heavy (non-hydrogen) atoms. The average molecular weight is 520 g/mol. The van der Waals surface area contributed by atoms with Gasteiger partial charge in [-0.3, -0.25) is 9.59 Å². The van der Waals surface area contributed by atoms with E-state index in [0.29, 0.717) is 29.2 Å². The van der Waals surface area contributed by atoms with Crippen molar-refractivity contribution in [1.29, 1.82) is 0 Å². The first kappa shape index (κ1) is 28.2. The van der Waals surface area contributed by atoms with E-state index in [9.17, 15) is 9.59 Å². The van der Waals surface area contributed by atoms with E-state index in [-0.39, 0.29) is 11.8 Å². The van der Waals surface area contributed by atoms with Gasteiger partial charge in [0.05, 0.1) is 34.9 Å². The number of anilines is 1. The third-order valence-corrected chi connectivity index (χ3v) is 6.34. The van der Waals surface area contributed by atoms with E-state index in [2.05, 4.69) is 36.9 Å². The highest BCUT2D eigenvalue weighted by atomic mass is 16.5. The number of carbonyl (C=O) groups is 3. The minimum Gasteiger partial charge on any atom is -0.554 e. The Balaban J connectivity index is 0.00000127. The van der Waals surface area contributed by atoms with Crippen LogP contribution in [0.5, 0.6) is 11.5 Å². The Kier molecular flexibility index (Phi) is 9.45. The first-order chi connectivity index (χ1) is 18.2. The van der Waals surface area contributed by atoms with Gasteiger partial charge in [0.25, 0.3) is 11.8 Å². The van der Waals surface area contributed by atoms with E-state index < -0.39 is 6.47 Å². The molecule has 9 nitrogen and oxygen atoms in total. The predicted molar refractivity (Wildman–Crippen MR) is 142 cm³/mol. The second-order valence-electron chi connectivity index (χ2n) is 9.55. The van der Waals surface area contributed by atoms with Crippen molar-refractivity contribution in [3.63, 3.8) is 0 Å². The number of nitrogens with zero attached hydrogens (tertiary/aromatic N) is 1.